The van der Waals surface area contributed by atoms with Crippen LogP contribution in [0.4, 0.5) is 0 Å². The predicted molar refractivity (Wildman–Crippen MR) is 163 cm³/mol. The van der Waals surface area contributed by atoms with Crippen LogP contribution in [-0.2, 0) is 0 Å². The molecule has 6 aromatic carbocycles. The molecule has 2 heteroatoms. The Morgan fingerprint density at radius 2 is 0.600 bits per heavy atom. The van der Waals surface area contributed by atoms with Gasteiger partial charge in [0, 0.05) is 11.1 Å². The Kier molecular flexibility index (Phi) is 6.75. The van der Waals surface area contributed by atoms with Gasteiger partial charge < -0.3 is 0 Å². The Balaban J connectivity index is 1.30. The van der Waals surface area contributed by atoms with E-state index in [0.29, 0.717) is 11.1 Å². The monoisotopic (exact) mass is 508 g/mol. The molecule has 0 aliphatic carbocycles. The van der Waals surface area contributed by atoms with E-state index in [9.17, 15) is 10.5 Å². The summed E-state index contributed by atoms with van der Waals surface area (Å²) in [6.07, 6.45) is 0. The fourth-order valence-corrected chi connectivity index (χ4v) is 5.07. The Labute approximate surface area is 234 Å². The third kappa shape index (κ3) is 4.91. The van der Waals surface area contributed by atoms with Gasteiger partial charge in [0.15, 0.2) is 0 Å². The van der Waals surface area contributed by atoms with Crippen molar-refractivity contribution in [1.29, 1.82) is 10.5 Å². The van der Waals surface area contributed by atoms with E-state index in [4.69, 9.17) is 0 Å². The number of nitrogens with zero attached hydrogens (tertiary/aromatic N) is 2. The molecular formula is C38H24N2. The highest BCUT2D eigenvalue weighted by molar-refractivity contribution is 5.81. The molecule has 0 saturated heterocycles. The smallest absolute Gasteiger partial charge is 0.0998 e. The summed E-state index contributed by atoms with van der Waals surface area (Å²) in [5.74, 6) is 0. The van der Waals surface area contributed by atoms with E-state index < -0.39 is 0 Å². The van der Waals surface area contributed by atoms with Gasteiger partial charge in [-0.2, -0.15) is 10.5 Å². The highest BCUT2D eigenvalue weighted by Gasteiger charge is 2.10. The normalized spacial score (nSPS) is 10.4. The molecule has 0 radical (unpaired) electrons. The first-order valence-corrected chi connectivity index (χ1v) is 13.1. The molecule has 2 nitrogen and oxygen atoms in total. The van der Waals surface area contributed by atoms with Gasteiger partial charge in [0.1, 0.15) is 0 Å². The van der Waals surface area contributed by atoms with E-state index in [1.54, 1.807) is 0 Å². The molecule has 0 aliphatic rings. The molecule has 0 N–H and O–H groups in total. The molecule has 0 saturated carbocycles. The number of hydrogen-bond acceptors (Lipinski definition) is 2. The summed E-state index contributed by atoms with van der Waals surface area (Å²) < 4.78 is 0. The van der Waals surface area contributed by atoms with Gasteiger partial charge in [-0.05, 0) is 68.8 Å². The van der Waals surface area contributed by atoms with E-state index in [1.165, 1.54) is 0 Å². The van der Waals surface area contributed by atoms with Crippen molar-refractivity contribution < 1.29 is 0 Å². The highest BCUT2D eigenvalue weighted by Crippen LogP contribution is 2.33. The molecule has 0 amide bonds. The van der Waals surface area contributed by atoms with Gasteiger partial charge in [-0.15, -0.1) is 0 Å². The molecule has 0 atom stereocenters. The minimum absolute atomic E-state index is 0.655. The van der Waals surface area contributed by atoms with Crippen LogP contribution in [0.1, 0.15) is 11.1 Å². The second-order valence-corrected chi connectivity index (χ2v) is 9.63. The first-order chi connectivity index (χ1) is 19.7. The first-order valence-electron chi connectivity index (χ1n) is 13.1. The van der Waals surface area contributed by atoms with Crippen LogP contribution in [0.3, 0.4) is 0 Å². The average Bonchev–Trinajstić information content (AvgIpc) is 3.05. The molecule has 6 aromatic rings. The minimum atomic E-state index is 0.655. The van der Waals surface area contributed by atoms with Gasteiger partial charge in [0.25, 0.3) is 0 Å². The number of benzene rings is 6. The van der Waals surface area contributed by atoms with Crippen LogP contribution in [0.25, 0.3) is 55.6 Å². The maximum Gasteiger partial charge on any atom is 0.0998 e. The van der Waals surface area contributed by atoms with Crippen LogP contribution in [0.2, 0.25) is 0 Å². The Morgan fingerprint density at radius 1 is 0.300 bits per heavy atom. The number of hydrogen-bond donors (Lipinski definition) is 0. The lowest BCUT2D eigenvalue weighted by molar-refractivity contribution is 1.47. The molecule has 186 valence electrons. The predicted octanol–water partition coefficient (Wildman–Crippen LogP) is 9.76. The molecule has 0 aliphatic heterocycles. The third-order valence-corrected chi connectivity index (χ3v) is 7.22. The topological polar surface area (TPSA) is 47.6 Å². The van der Waals surface area contributed by atoms with Crippen molar-refractivity contribution in [2.45, 2.75) is 0 Å². The van der Waals surface area contributed by atoms with E-state index >= 15 is 0 Å². The molecule has 0 unspecified atom stereocenters. The lowest BCUT2D eigenvalue weighted by Crippen LogP contribution is -1.88. The molecule has 40 heavy (non-hydrogen) atoms. The summed E-state index contributed by atoms with van der Waals surface area (Å²) in [7, 11) is 0. The Hall–Kier alpha value is -5.70. The van der Waals surface area contributed by atoms with E-state index in [1.807, 2.05) is 60.7 Å². The SMILES string of the molecule is N#Cc1ccc(-c2ccccc2)cc1-c1ccc(-c2ccc(-c3cc(-c4ccccc4)ccc3C#N)cc2)cc1. The fourth-order valence-electron chi connectivity index (χ4n) is 5.07. The largest absolute Gasteiger partial charge is 0.192 e. The molecule has 0 spiro atoms. The zero-order valence-electron chi connectivity index (χ0n) is 21.8. The second kappa shape index (κ2) is 11.0. The number of rotatable bonds is 5. The van der Waals surface area contributed by atoms with Gasteiger partial charge in [0.05, 0.1) is 23.3 Å². The van der Waals surface area contributed by atoms with Crippen LogP contribution < -0.4 is 0 Å². The Bertz CT molecular complexity index is 1730. The zero-order chi connectivity index (χ0) is 27.3. The summed E-state index contributed by atoms with van der Waals surface area (Å²) in [5.41, 5.74) is 11.8. The van der Waals surface area contributed by atoms with Gasteiger partial charge >= 0.3 is 0 Å². The lowest BCUT2D eigenvalue weighted by Gasteiger charge is -2.11. The fraction of sp³-hybridized carbons (Fsp3) is 0. The molecule has 6 rings (SSSR count). The van der Waals surface area contributed by atoms with Gasteiger partial charge in [-0.3, -0.25) is 0 Å². The van der Waals surface area contributed by atoms with Gasteiger partial charge in [0.2, 0.25) is 0 Å². The molecule has 0 aromatic heterocycles. The number of nitriles is 2. The third-order valence-electron chi connectivity index (χ3n) is 7.22. The van der Waals surface area contributed by atoms with Gasteiger partial charge in [-0.1, -0.05) is 121 Å². The summed E-state index contributed by atoms with van der Waals surface area (Å²) >= 11 is 0. The molecule has 0 heterocycles. The maximum absolute atomic E-state index is 9.74. The van der Waals surface area contributed by atoms with Crippen molar-refractivity contribution in [2.75, 3.05) is 0 Å². The van der Waals surface area contributed by atoms with Crippen LogP contribution in [0, 0.1) is 22.7 Å². The quantitative estimate of drug-likeness (QED) is 0.233. The maximum atomic E-state index is 9.74. The van der Waals surface area contributed by atoms with Crippen LogP contribution in [-0.4, -0.2) is 0 Å². The highest BCUT2D eigenvalue weighted by atomic mass is 14.3. The minimum Gasteiger partial charge on any atom is -0.192 e. The second-order valence-electron chi connectivity index (χ2n) is 9.63. The van der Waals surface area contributed by atoms with Crippen molar-refractivity contribution in [1.82, 2.24) is 0 Å². The standard InChI is InChI=1S/C38H24N2/c39-25-35-21-19-33(27-7-3-1-4-8-27)23-37(35)31-15-11-29(12-16-31)30-13-17-32(18-14-30)38-24-34(20-22-36(38)26-40)28-9-5-2-6-10-28/h1-24H. The zero-order valence-corrected chi connectivity index (χ0v) is 21.8. The van der Waals surface area contributed by atoms with Crippen LogP contribution in [0.5, 0.6) is 0 Å². The van der Waals surface area contributed by atoms with Crippen LogP contribution in [0.15, 0.2) is 146 Å². The van der Waals surface area contributed by atoms with Crippen molar-refractivity contribution in [3.05, 3.63) is 157 Å². The molecule has 0 fully saturated rings. The van der Waals surface area contributed by atoms with E-state index in [-0.39, 0.29) is 0 Å². The Morgan fingerprint density at radius 3 is 0.950 bits per heavy atom. The van der Waals surface area contributed by atoms with Crippen molar-refractivity contribution in [2.24, 2.45) is 0 Å². The summed E-state index contributed by atoms with van der Waals surface area (Å²) in [5, 5.41) is 19.5. The van der Waals surface area contributed by atoms with Crippen LogP contribution >= 0.6 is 0 Å². The van der Waals surface area contributed by atoms with E-state index in [2.05, 4.69) is 97.1 Å². The average molecular weight is 509 g/mol. The van der Waals surface area contributed by atoms with Crippen molar-refractivity contribution >= 4 is 0 Å². The summed E-state index contributed by atoms with van der Waals surface area (Å²) in [6.45, 7) is 0. The lowest BCUT2D eigenvalue weighted by atomic mass is 9.92. The molecule has 0 bridgehead atoms. The summed E-state index contributed by atoms with van der Waals surface area (Å²) in [6, 6.07) is 53.7. The van der Waals surface area contributed by atoms with E-state index in [0.717, 1.165) is 55.6 Å². The molecular weight excluding hydrogens is 484 g/mol. The van der Waals surface area contributed by atoms with Crippen molar-refractivity contribution in [3.63, 3.8) is 0 Å². The first kappa shape index (κ1) is 24.6. The van der Waals surface area contributed by atoms with Crippen molar-refractivity contribution in [3.8, 4) is 67.8 Å². The van der Waals surface area contributed by atoms with Gasteiger partial charge in [-0.25, -0.2) is 0 Å². The summed E-state index contributed by atoms with van der Waals surface area (Å²) in [4.78, 5) is 0.